The molecule has 0 bridgehead atoms. The van der Waals surface area contributed by atoms with Crippen LogP contribution in [0.5, 0.6) is 0 Å². The molecular formula is C17H25N3O2. The van der Waals surface area contributed by atoms with Crippen LogP contribution in [-0.2, 0) is 11.3 Å². The monoisotopic (exact) mass is 303 g/mol. The number of β-amino-alcohol motifs (C(OH)–C–C–N with tert-alkyl or cyclic N) is 1. The highest BCUT2D eigenvalue weighted by Gasteiger charge is 2.31. The van der Waals surface area contributed by atoms with Gasteiger partial charge in [-0.05, 0) is 31.4 Å². The summed E-state index contributed by atoms with van der Waals surface area (Å²) in [6.45, 7) is 2.22. The zero-order chi connectivity index (χ0) is 15.4. The van der Waals surface area contributed by atoms with E-state index in [1.807, 2.05) is 18.2 Å². The molecule has 1 aromatic heterocycles. The van der Waals surface area contributed by atoms with Crippen LogP contribution in [-0.4, -0.2) is 46.1 Å². The number of nitrogens with zero attached hydrogens (tertiary/aromatic N) is 2. The maximum Gasteiger partial charge on any atom is 0.223 e. The molecule has 2 atom stereocenters. The molecule has 3 rings (SSSR count). The van der Waals surface area contributed by atoms with Crippen LogP contribution >= 0.6 is 0 Å². The summed E-state index contributed by atoms with van der Waals surface area (Å²) in [6.07, 6.45) is 6.41. The van der Waals surface area contributed by atoms with Crippen LogP contribution in [0.1, 0.15) is 37.8 Å². The van der Waals surface area contributed by atoms with Gasteiger partial charge in [-0.1, -0.05) is 18.9 Å². The Bertz CT molecular complexity index is 488. The highest BCUT2D eigenvalue weighted by atomic mass is 16.3. The lowest BCUT2D eigenvalue weighted by Crippen LogP contribution is -2.54. The quantitative estimate of drug-likeness (QED) is 0.880. The van der Waals surface area contributed by atoms with Crippen LogP contribution in [0.25, 0.3) is 0 Å². The van der Waals surface area contributed by atoms with E-state index < -0.39 is 6.10 Å². The number of rotatable bonds is 4. The topological polar surface area (TPSA) is 65.5 Å². The molecule has 1 amide bonds. The number of aromatic nitrogens is 1. The van der Waals surface area contributed by atoms with Gasteiger partial charge in [-0.25, -0.2) is 0 Å². The predicted octanol–water partition coefficient (Wildman–Crippen LogP) is 1.32. The largest absolute Gasteiger partial charge is 0.390 e. The van der Waals surface area contributed by atoms with Gasteiger partial charge in [-0.2, -0.15) is 0 Å². The number of carbonyl (C=O) groups is 1. The fourth-order valence-corrected chi connectivity index (χ4v) is 3.52. The standard InChI is InChI=1S/C17H25N3O2/c21-16-12-20(11-14-7-3-4-9-18-14)10-8-15(16)19-17(22)13-5-1-2-6-13/h3-4,7,9,13,15-16,21H,1-2,5-6,8,10-12H2,(H,19,22)/t15-,16-/m1/s1. The maximum absolute atomic E-state index is 12.2. The van der Waals surface area contributed by atoms with Crippen LogP contribution in [0.2, 0.25) is 0 Å². The van der Waals surface area contributed by atoms with Crippen LogP contribution in [0.15, 0.2) is 24.4 Å². The van der Waals surface area contributed by atoms with Crippen molar-refractivity contribution in [3.63, 3.8) is 0 Å². The average molecular weight is 303 g/mol. The summed E-state index contributed by atoms with van der Waals surface area (Å²) < 4.78 is 0. The molecule has 120 valence electrons. The molecule has 22 heavy (non-hydrogen) atoms. The van der Waals surface area contributed by atoms with Crippen molar-refractivity contribution < 1.29 is 9.90 Å². The summed E-state index contributed by atoms with van der Waals surface area (Å²) >= 11 is 0. The minimum atomic E-state index is -0.497. The molecule has 2 fully saturated rings. The highest BCUT2D eigenvalue weighted by Crippen LogP contribution is 2.25. The first-order valence-electron chi connectivity index (χ1n) is 8.33. The molecule has 0 aromatic carbocycles. The normalized spacial score (nSPS) is 27.0. The maximum atomic E-state index is 12.2. The minimum Gasteiger partial charge on any atom is -0.390 e. The Morgan fingerprint density at radius 2 is 2.14 bits per heavy atom. The first kappa shape index (κ1) is 15.4. The van der Waals surface area contributed by atoms with E-state index in [0.29, 0.717) is 6.54 Å². The summed E-state index contributed by atoms with van der Waals surface area (Å²) in [7, 11) is 0. The van der Waals surface area contributed by atoms with Crippen LogP contribution in [0.4, 0.5) is 0 Å². The Hall–Kier alpha value is -1.46. The molecule has 2 aliphatic rings. The second-order valence-corrected chi connectivity index (χ2v) is 6.51. The van der Waals surface area contributed by atoms with Crippen molar-refractivity contribution in [2.24, 2.45) is 5.92 Å². The summed E-state index contributed by atoms with van der Waals surface area (Å²) in [6, 6.07) is 5.78. The van der Waals surface area contributed by atoms with Crippen molar-refractivity contribution in [1.82, 2.24) is 15.2 Å². The minimum absolute atomic E-state index is 0.104. The first-order valence-corrected chi connectivity index (χ1v) is 8.33. The summed E-state index contributed by atoms with van der Waals surface area (Å²) in [5.74, 6) is 0.304. The number of nitrogens with one attached hydrogen (secondary N) is 1. The Morgan fingerprint density at radius 1 is 1.32 bits per heavy atom. The van der Waals surface area contributed by atoms with Gasteiger partial charge in [0.15, 0.2) is 0 Å². The number of likely N-dealkylation sites (tertiary alicyclic amines) is 1. The van der Waals surface area contributed by atoms with Gasteiger partial charge in [0.1, 0.15) is 0 Å². The van der Waals surface area contributed by atoms with Gasteiger partial charge in [0.2, 0.25) is 5.91 Å². The molecule has 1 saturated heterocycles. The molecule has 1 aliphatic carbocycles. The summed E-state index contributed by atoms with van der Waals surface area (Å²) in [5.41, 5.74) is 1.02. The third-order valence-electron chi connectivity index (χ3n) is 4.83. The van der Waals surface area contributed by atoms with Crippen LogP contribution in [0.3, 0.4) is 0 Å². The SMILES string of the molecule is O=C(N[C@@H]1CCN(Cc2ccccn2)C[C@H]1O)C1CCCC1. The van der Waals surface area contributed by atoms with E-state index in [1.54, 1.807) is 6.20 Å². The molecule has 1 aromatic rings. The lowest BCUT2D eigenvalue weighted by Gasteiger charge is -2.36. The third kappa shape index (κ3) is 3.84. The van der Waals surface area contributed by atoms with E-state index in [-0.39, 0.29) is 17.9 Å². The second kappa shape index (κ2) is 7.20. The fraction of sp³-hybridized carbons (Fsp3) is 0.647. The van der Waals surface area contributed by atoms with Gasteiger partial charge < -0.3 is 10.4 Å². The number of pyridine rings is 1. The Kier molecular flexibility index (Phi) is 5.05. The smallest absolute Gasteiger partial charge is 0.223 e. The van der Waals surface area contributed by atoms with Gasteiger partial charge >= 0.3 is 0 Å². The van der Waals surface area contributed by atoms with Gasteiger partial charge in [0.05, 0.1) is 17.8 Å². The molecule has 1 saturated carbocycles. The molecule has 2 N–H and O–H groups in total. The molecule has 1 aliphatic heterocycles. The first-order chi connectivity index (χ1) is 10.7. The number of hydrogen-bond donors (Lipinski definition) is 2. The zero-order valence-electron chi connectivity index (χ0n) is 12.9. The number of piperidine rings is 1. The molecule has 2 heterocycles. The van der Waals surface area contributed by atoms with E-state index in [0.717, 1.165) is 50.9 Å². The lowest BCUT2D eigenvalue weighted by atomic mass is 9.99. The van der Waals surface area contributed by atoms with Crippen molar-refractivity contribution in [2.75, 3.05) is 13.1 Å². The van der Waals surface area contributed by atoms with Crippen molar-refractivity contribution in [1.29, 1.82) is 0 Å². The Morgan fingerprint density at radius 3 is 2.82 bits per heavy atom. The highest BCUT2D eigenvalue weighted by molar-refractivity contribution is 5.79. The predicted molar refractivity (Wildman–Crippen MR) is 84.0 cm³/mol. The molecule has 5 nitrogen and oxygen atoms in total. The molecule has 5 heteroatoms. The molecular weight excluding hydrogens is 278 g/mol. The van der Waals surface area contributed by atoms with E-state index >= 15 is 0 Å². The van der Waals surface area contributed by atoms with Gasteiger partial charge in [-0.15, -0.1) is 0 Å². The zero-order valence-corrected chi connectivity index (χ0v) is 12.9. The molecule has 0 unspecified atom stereocenters. The van der Waals surface area contributed by atoms with Crippen molar-refractivity contribution in [3.8, 4) is 0 Å². The summed E-state index contributed by atoms with van der Waals surface area (Å²) in [5, 5.41) is 13.4. The number of aliphatic hydroxyl groups is 1. The van der Waals surface area contributed by atoms with E-state index in [1.165, 1.54) is 0 Å². The van der Waals surface area contributed by atoms with E-state index in [9.17, 15) is 9.90 Å². The molecule has 0 radical (unpaired) electrons. The van der Waals surface area contributed by atoms with E-state index in [2.05, 4.69) is 15.2 Å². The average Bonchev–Trinajstić information content (AvgIpc) is 3.05. The number of hydrogen-bond acceptors (Lipinski definition) is 4. The lowest BCUT2D eigenvalue weighted by molar-refractivity contribution is -0.127. The van der Waals surface area contributed by atoms with Gasteiger partial charge in [0, 0.05) is 31.7 Å². The fourth-order valence-electron chi connectivity index (χ4n) is 3.52. The van der Waals surface area contributed by atoms with Crippen molar-refractivity contribution in [2.45, 2.75) is 50.8 Å². The van der Waals surface area contributed by atoms with Crippen LogP contribution in [0, 0.1) is 5.92 Å². The molecule has 0 spiro atoms. The summed E-state index contributed by atoms with van der Waals surface area (Å²) in [4.78, 5) is 18.7. The van der Waals surface area contributed by atoms with E-state index in [4.69, 9.17) is 0 Å². The van der Waals surface area contributed by atoms with Gasteiger partial charge in [0.25, 0.3) is 0 Å². The second-order valence-electron chi connectivity index (χ2n) is 6.51. The number of aliphatic hydroxyl groups excluding tert-OH is 1. The number of carbonyl (C=O) groups excluding carboxylic acids is 1. The van der Waals surface area contributed by atoms with Crippen LogP contribution < -0.4 is 5.32 Å². The van der Waals surface area contributed by atoms with Gasteiger partial charge in [-0.3, -0.25) is 14.7 Å². The van der Waals surface area contributed by atoms with Crippen molar-refractivity contribution >= 4 is 5.91 Å². The Balaban J connectivity index is 1.48. The number of amides is 1. The third-order valence-corrected chi connectivity index (χ3v) is 4.83. The Labute approximate surface area is 131 Å². The van der Waals surface area contributed by atoms with Crippen molar-refractivity contribution in [3.05, 3.63) is 30.1 Å².